The van der Waals surface area contributed by atoms with E-state index in [1.165, 1.54) is 45.2 Å². The third-order valence-corrected chi connectivity index (χ3v) is 7.87. The van der Waals surface area contributed by atoms with Crippen molar-refractivity contribution >= 4 is 52.8 Å². The summed E-state index contributed by atoms with van der Waals surface area (Å²) in [6, 6.07) is 12.5. The van der Waals surface area contributed by atoms with Crippen molar-refractivity contribution < 1.29 is 4.79 Å². The van der Waals surface area contributed by atoms with Gasteiger partial charge in [-0.1, -0.05) is 53.4 Å². The first-order valence-electron chi connectivity index (χ1n) is 12.4. The van der Waals surface area contributed by atoms with Gasteiger partial charge in [0, 0.05) is 52.9 Å². The van der Waals surface area contributed by atoms with E-state index >= 15 is 0 Å². The zero-order valence-corrected chi connectivity index (χ0v) is 23.6. The number of nitrogens with two attached hydrogens (primary N) is 1. The second-order valence-electron chi connectivity index (χ2n) is 8.91. The Morgan fingerprint density at radius 1 is 0.973 bits per heavy atom. The molecule has 1 aromatic heterocycles. The number of amides is 1. The van der Waals surface area contributed by atoms with Gasteiger partial charge in [0.05, 0.1) is 16.4 Å². The third kappa shape index (κ3) is 7.63. The van der Waals surface area contributed by atoms with E-state index in [0.29, 0.717) is 38.6 Å². The van der Waals surface area contributed by atoms with E-state index in [9.17, 15) is 4.79 Å². The number of carbonyl (C=O) groups excluding carboxylic acids is 1. The lowest BCUT2D eigenvalue weighted by Crippen LogP contribution is -2.21. The van der Waals surface area contributed by atoms with Crippen molar-refractivity contribution in [2.45, 2.75) is 38.6 Å². The van der Waals surface area contributed by atoms with Crippen LogP contribution >= 0.6 is 46.9 Å². The largest absolute Gasteiger partial charge is 0.364 e. The van der Waals surface area contributed by atoms with Crippen molar-refractivity contribution in [1.82, 2.24) is 24.1 Å². The number of hydrogen-bond donors (Lipinski definition) is 3. The first-order valence-corrected chi connectivity index (χ1v) is 14.3. The number of piperidine rings is 1. The van der Waals surface area contributed by atoms with E-state index in [2.05, 4.69) is 19.4 Å². The molecule has 2 saturated heterocycles. The number of rotatable bonds is 7. The Morgan fingerprint density at radius 2 is 1.65 bits per heavy atom. The summed E-state index contributed by atoms with van der Waals surface area (Å²) in [6.07, 6.45) is 6.58. The molecular weight excluding hydrogens is 551 g/mol. The summed E-state index contributed by atoms with van der Waals surface area (Å²) >= 11 is 20.2. The molecule has 0 spiro atoms. The number of nitrogens with zero attached hydrogens (tertiary/aromatic N) is 3. The molecule has 11 heteroatoms. The summed E-state index contributed by atoms with van der Waals surface area (Å²) in [6.45, 7) is 4.96. The Kier molecular flexibility index (Phi) is 10.6. The van der Waals surface area contributed by atoms with E-state index < -0.39 is 5.91 Å². The maximum absolute atomic E-state index is 12.3. The van der Waals surface area contributed by atoms with Gasteiger partial charge in [0.2, 0.25) is 0 Å². The first-order chi connectivity index (χ1) is 17.9. The van der Waals surface area contributed by atoms with E-state index in [0.717, 1.165) is 18.7 Å². The molecule has 0 saturated carbocycles. The number of halogens is 3. The Balaban J connectivity index is 0.000000469. The molecule has 3 heterocycles. The maximum Gasteiger partial charge on any atom is 0.269 e. The van der Waals surface area contributed by atoms with Crippen molar-refractivity contribution in [3.05, 3.63) is 68.8 Å². The van der Waals surface area contributed by atoms with Crippen LogP contribution in [0.15, 0.2) is 42.5 Å². The minimum atomic E-state index is -0.609. The molecular formula is C26H31Cl3N6OS. The zero-order chi connectivity index (χ0) is 26.2. The van der Waals surface area contributed by atoms with Crippen LogP contribution in [0.2, 0.25) is 15.1 Å². The van der Waals surface area contributed by atoms with Crippen LogP contribution in [0.5, 0.6) is 0 Å². The van der Waals surface area contributed by atoms with Crippen LogP contribution in [-0.4, -0.2) is 46.2 Å². The Morgan fingerprint density at radius 3 is 2.22 bits per heavy atom. The molecule has 4 N–H and O–H groups in total. The second kappa shape index (κ2) is 13.8. The fourth-order valence-electron chi connectivity index (χ4n) is 4.32. The van der Waals surface area contributed by atoms with Gasteiger partial charge in [0.25, 0.3) is 5.91 Å². The van der Waals surface area contributed by atoms with E-state index in [1.807, 2.05) is 12.1 Å². The van der Waals surface area contributed by atoms with Gasteiger partial charge in [0.1, 0.15) is 0 Å². The second-order valence-corrected chi connectivity index (χ2v) is 11.2. The normalized spacial score (nSPS) is 15.9. The highest BCUT2D eigenvalue weighted by molar-refractivity contribution is 7.95. The van der Waals surface area contributed by atoms with Crippen molar-refractivity contribution in [2.75, 3.05) is 26.2 Å². The molecule has 5 rings (SSSR count). The van der Waals surface area contributed by atoms with Gasteiger partial charge < -0.3 is 11.1 Å². The predicted octanol–water partition coefficient (Wildman–Crippen LogP) is 6.11. The summed E-state index contributed by atoms with van der Waals surface area (Å²) in [5, 5.41) is 9.35. The molecule has 37 heavy (non-hydrogen) atoms. The molecule has 2 fully saturated rings. The van der Waals surface area contributed by atoms with Gasteiger partial charge in [-0.15, -0.1) is 0 Å². The molecule has 1 amide bonds. The van der Waals surface area contributed by atoms with E-state index in [1.54, 1.807) is 47.1 Å². The number of nitrogens with one attached hydrogen (secondary N) is 2. The minimum Gasteiger partial charge on any atom is -0.364 e. The number of carbonyl (C=O) groups is 1. The van der Waals surface area contributed by atoms with Gasteiger partial charge in [0.15, 0.2) is 5.69 Å². The van der Waals surface area contributed by atoms with Crippen LogP contribution in [0.1, 0.15) is 48.2 Å². The molecule has 7 nitrogen and oxygen atoms in total. The average molecular weight is 582 g/mol. The lowest BCUT2D eigenvalue weighted by molar-refractivity contribution is 0.0994. The summed E-state index contributed by atoms with van der Waals surface area (Å²) in [7, 11) is 0. The van der Waals surface area contributed by atoms with Gasteiger partial charge >= 0.3 is 0 Å². The molecule has 0 radical (unpaired) electrons. The predicted molar refractivity (Wildman–Crippen MR) is 155 cm³/mol. The van der Waals surface area contributed by atoms with Gasteiger partial charge in [-0.2, -0.15) is 5.10 Å². The standard InChI is InChI=1S/C21H20Cl3N5OS.C5H11N/c22-14-5-3-13(4-6-14)20-16(12-26-31-28-9-1-2-10-28)19(21(25)30)27-29(20)18-8-7-15(23)11-17(18)24;1-2-4-6-5-3-1/h3-8,11,26H,1-2,9-10,12H2,(H2,25,30);6H,1-5H2. The topological polar surface area (TPSA) is 88.2 Å². The summed E-state index contributed by atoms with van der Waals surface area (Å²) in [4.78, 5) is 12.3. The number of primary amides is 1. The molecule has 2 aliphatic rings. The van der Waals surface area contributed by atoms with Crippen LogP contribution in [-0.2, 0) is 6.54 Å². The monoisotopic (exact) mass is 580 g/mol. The van der Waals surface area contributed by atoms with E-state index in [-0.39, 0.29) is 5.69 Å². The molecule has 0 atom stereocenters. The minimum absolute atomic E-state index is 0.186. The van der Waals surface area contributed by atoms with Gasteiger partial charge in [-0.25, -0.2) is 13.7 Å². The Bertz CT molecular complexity index is 1180. The first kappa shape index (κ1) is 28.2. The van der Waals surface area contributed by atoms with Crippen molar-refractivity contribution in [3.63, 3.8) is 0 Å². The highest BCUT2D eigenvalue weighted by Crippen LogP contribution is 2.34. The van der Waals surface area contributed by atoms with E-state index in [4.69, 9.17) is 40.5 Å². The smallest absolute Gasteiger partial charge is 0.269 e. The Labute approximate surface area is 237 Å². The maximum atomic E-state index is 12.3. The van der Waals surface area contributed by atoms with Crippen LogP contribution < -0.4 is 15.8 Å². The quantitative estimate of drug-likeness (QED) is 0.292. The molecule has 2 aromatic carbocycles. The van der Waals surface area contributed by atoms with Crippen LogP contribution in [0.3, 0.4) is 0 Å². The van der Waals surface area contributed by atoms with Crippen molar-refractivity contribution in [3.8, 4) is 16.9 Å². The van der Waals surface area contributed by atoms with Crippen LogP contribution in [0, 0.1) is 0 Å². The third-order valence-electron chi connectivity index (χ3n) is 6.19. The average Bonchev–Trinajstić information content (AvgIpc) is 3.55. The SMILES string of the molecule is C1CCNCC1.NC(=O)c1nn(-c2ccc(Cl)cc2Cl)c(-c2ccc(Cl)cc2)c1CNSN1CCCC1. The van der Waals surface area contributed by atoms with Crippen molar-refractivity contribution in [1.29, 1.82) is 0 Å². The highest BCUT2D eigenvalue weighted by Gasteiger charge is 2.25. The molecule has 0 unspecified atom stereocenters. The van der Waals surface area contributed by atoms with Crippen LogP contribution in [0.4, 0.5) is 0 Å². The molecule has 3 aromatic rings. The molecule has 0 bridgehead atoms. The number of aromatic nitrogens is 2. The molecule has 198 valence electrons. The summed E-state index contributed by atoms with van der Waals surface area (Å²) in [5.74, 6) is -0.609. The van der Waals surface area contributed by atoms with Gasteiger partial charge in [-0.05, 0) is 69.1 Å². The summed E-state index contributed by atoms with van der Waals surface area (Å²) in [5.41, 5.74) is 8.71. The number of hydrogen-bond acceptors (Lipinski definition) is 6. The fourth-order valence-corrected chi connectivity index (χ4v) is 5.77. The lowest BCUT2D eigenvalue weighted by Gasteiger charge is -2.15. The highest BCUT2D eigenvalue weighted by atomic mass is 35.5. The summed E-state index contributed by atoms with van der Waals surface area (Å²) < 4.78 is 7.25. The Hall–Kier alpha value is -1.78. The lowest BCUT2D eigenvalue weighted by atomic mass is 10.0. The number of benzene rings is 2. The van der Waals surface area contributed by atoms with Crippen molar-refractivity contribution in [2.24, 2.45) is 5.73 Å². The molecule has 0 aliphatic carbocycles. The zero-order valence-electron chi connectivity index (χ0n) is 20.5. The van der Waals surface area contributed by atoms with Crippen LogP contribution in [0.25, 0.3) is 16.9 Å². The molecule has 2 aliphatic heterocycles. The van der Waals surface area contributed by atoms with Gasteiger partial charge in [-0.3, -0.25) is 4.79 Å². The fraction of sp³-hybridized carbons (Fsp3) is 0.385.